The fourth-order valence-corrected chi connectivity index (χ4v) is 0.179. The van der Waals surface area contributed by atoms with Gasteiger partial charge in [-0.25, -0.2) is 0 Å². The number of hydrogen-bond donors (Lipinski definition) is 0. The average molecular weight is 104 g/mol. The molecule has 0 saturated carbocycles. The van der Waals surface area contributed by atoms with Gasteiger partial charge in [0.25, 0.3) is 0 Å². The summed E-state index contributed by atoms with van der Waals surface area (Å²) in [6.45, 7) is 1.77. The minimum absolute atomic E-state index is 0.608. The number of rotatable bonds is 1. The van der Waals surface area contributed by atoms with Gasteiger partial charge in [-0.2, -0.15) is 8.78 Å². The first-order chi connectivity index (χ1) is 3.27. The largest absolute Gasteiger partial charge is 0.312 e. The van der Waals surface area contributed by atoms with Crippen molar-refractivity contribution in [1.82, 2.24) is 0 Å². The molecule has 0 aromatic rings. The normalized spacial score (nSPS) is 7.29. The van der Waals surface area contributed by atoms with Crippen LogP contribution in [0.4, 0.5) is 8.78 Å². The molecule has 0 atom stereocenters. The Morgan fingerprint density at radius 1 is 1.71 bits per heavy atom. The number of halogens is 2. The van der Waals surface area contributed by atoms with E-state index in [9.17, 15) is 8.78 Å². The zero-order valence-electron chi connectivity index (χ0n) is 4.04. The molecule has 0 aliphatic heterocycles. The molecule has 0 spiro atoms. The Labute approximate surface area is 41.2 Å². The molecule has 0 radical (unpaired) electrons. The molecule has 0 fully saturated rings. The van der Waals surface area contributed by atoms with Crippen LogP contribution < -0.4 is 0 Å². The molecule has 2 heteroatoms. The Kier molecular flexibility index (Phi) is 3.25. The van der Waals surface area contributed by atoms with E-state index in [0.29, 0.717) is 6.42 Å². The van der Waals surface area contributed by atoms with E-state index in [4.69, 9.17) is 0 Å². The maximum atomic E-state index is 11.0. The van der Waals surface area contributed by atoms with Gasteiger partial charge < -0.3 is 0 Å². The Morgan fingerprint density at radius 2 is 2.29 bits per heavy atom. The standard InChI is InChI=1S/C5H6F2/c1-2-3-4-5(6)7/h3H,2H2,1H3. The summed E-state index contributed by atoms with van der Waals surface area (Å²) in [5, 5.41) is 0. The summed E-state index contributed by atoms with van der Waals surface area (Å²) >= 11 is 0. The monoisotopic (exact) mass is 104 g/mol. The molecule has 0 aromatic carbocycles. The van der Waals surface area contributed by atoms with Crippen molar-refractivity contribution in [2.75, 3.05) is 0 Å². The Balaban J connectivity index is 3.62. The molecular weight excluding hydrogens is 98.1 g/mol. The van der Waals surface area contributed by atoms with Gasteiger partial charge >= 0.3 is 6.08 Å². The first-order valence-corrected chi connectivity index (χ1v) is 2.03. The van der Waals surface area contributed by atoms with E-state index in [1.54, 1.807) is 12.7 Å². The van der Waals surface area contributed by atoms with Crippen molar-refractivity contribution in [3.05, 3.63) is 17.9 Å². The molecule has 0 aliphatic rings. The van der Waals surface area contributed by atoms with Crippen molar-refractivity contribution < 1.29 is 8.78 Å². The topological polar surface area (TPSA) is 0 Å². The summed E-state index contributed by atoms with van der Waals surface area (Å²) in [4.78, 5) is 0. The van der Waals surface area contributed by atoms with Crippen LogP contribution in [0.1, 0.15) is 13.3 Å². The quantitative estimate of drug-likeness (QED) is 0.448. The summed E-state index contributed by atoms with van der Waals surface area (Å²) < 4.78 is 22.0. The van der Waals surface area contributed by atoms with Crippen LogP contribution in [0.25, 0.3) is 0 Å². The summed E-state index contributed by atoms with van der Waals surface area (Å²) in [7, 11) is 0. The van der Waals surface area contributed by atoms with Gasteiger partial charge in [0.05, 0.1) is 0 Å². The lowest BCUT2D eigenvalue weighted by atomic mass is 10.5. The van der Waals surface area contributed by atoms with Crippen LogP contribution in [0.5, 0.6) is 0 Å². The summed E-state index contributed by atoms with van der Waals surface area (Å²) in [5.41, 5.74) is 1.75. The van der Waals surface area contributed by atoms with E-state index in [1.165, 1.54) is 6.08 Å². The van der Waals surface area contributed by atoms with Gasteiger partial charge in [0.1, 0.15) is 0 Å². The van der Waals surface area contributed by atoms with Gasteiger partial charge in [-0.1, -0.05) is 12.7 Å². The van der Waals surface area contributed by atoms with Crippen LogP contribution in [-0.2, 0) is 0 Å². The molecule has 0 aromatic heterocycles. The highest BCUT2D eigenvalue weighted by molar-refractivity contribution is 4.82. The van der Waals surface area contributed by atoms with E-state index in [1.807, 2.05) is 0 Å². The minimum atomic E-state index is -1.75. The molecule has 0 nitrogen and oxygen atoms in total. The van der Waals surface area contributed by atoms with Crippen LogP contribution in [0.15, 0.2) is 17.9 Å². The van der Waals surface area contributed by atoms with Crippen molar-refractivity contribution in [2.45, 2.75) is 13.3 Å². The average Bonchev–Trinajstić information content (AvgIpc) is 1.61. The van der Waals surface area contributed by atoms with Crippen LogP contribution in [0.2, 0.25) is 0 Å². The second-order valence-corrected chi connectivity index (χ2v) is 1.02. The first kappa shape index (κ1) is 6.38. The van der Waals surface area contributed by atoms with Gasteiger partial charge in [-0.3, -0.25) is 0 Å². The highest BCUT2D eigenvalue weighted by Crippen LogP contribution is 1.91. The zero-order valence-corrected chi connectivity index (χ0v) is 4.04. The van der Waals surface area contributed by atoms with Crippen molar-refractivity contribution in [2.24, 2.45) is 0 Å². The Bertz CT molecular complexity index is 94.6. The van der Waals surface area contributed by atoms with Crippen LogP contribution in [-0.4, -0.2) is 0 Å². The summed E-state index contributed by atoms with van der Waals surface area (Å²) in [5.74, 6) is 0. The number of hydrogen-bond acceptors (Lipinski definition) is 0. The van der Waals surface area contributed by atoms with Crippen molar-refractivity contribution in [1.29, 1.82) is 0 Å². The van der Waals surface area contributed by atoms with Crippen molar-refractivity contribution in [3.63, 3.8) is 0 Å². The Morgan fingerprint density at radius 3 is 2.43 bits per heavy atom. The SMILES string of the molecule is CCC=C=C(F)F. The predicted molar refractivity (Wildman–Crippen MR) is 24.1 cm³/mol. The van der Waals surface area contributed by atoms with Crippen LogP contribution in [0, 0.1) is 0 Å². The third-order valence-corrected chi connectivity index (χ3v) is 0.415. The molecule has 0 aliphatic carbocycles. The molecular formula is C5H6F2. The van der Waals surface area contributed by atoms with Crippen molar-refractivity contribution >= 4 is 0 Å². The smallest absolute Gasteiger partial charge is 0.164 e. The van der Waals surface area contributed by atoms with Crippen molar-refractivity contribution in [3.8, 4) is 0 Å². The third kappa shape index (κ3) is 5.38. The third-order valence-electron chi connectivity index (χ3n) is 0.415. The van der Waals surface area contributed by atoms with Crippen LogP contribution in [0.3, 0.4) is 0 Å². The lowest BCUT2D eigenvalue weighted by molar-refractivity contribution is 0.423. The first-order valence-electron chi connectivity index (χ1n) is 2.03. The van der Waals surface area contributed by atoms with E-state index in [2.05, 4.69) is 0 Å². The molecule has 0 unspecified atom stereocenters. The minimum Gasteiger partial charge on any atom is -0.164 e. The maximum Gasteiger partial charge on any atom is 0.312 e. The molecule has 0 N–H and O–H groups in total. The molecule has 0 amide bonds. The lowest BCUT2D eigenvalue weighted by Crippen LogP contribution is -1.48. The van der Waals surface area contributed by atoms with Gasteiger partial charge in [0.2, 0.25) is 0 Å². The Hall–Kier alpha value is -0.620. The molecule has 0 bridgehead atoms. The second kappa shape index (κ2) is 3.57. The molecule has 0 rings (SSSR count). The predicted octanol–water partition coefficient (Wildman–Crippen LogP) is 2.33. The van der Waals surface area contributed by atoms with E-state index in [0.717, 1.165) is 0 Å². The van der Waals surface area contributed by atoms with Gasteiger partial charge in [-0.15, -0.1) is 0 Å². The molecule has 40 valence electrons. The fraction of sp³-hybridized carbons (Fsp3) is 0.400. The molecule has 0 saturated heterocycles. The zero-order chi connectivity index (χ0) is 5.70. The van der Waals surface area contributed by atoms with Crippen LogP contribution >= 0.6 is 0 Å². The second-order valence-electron chi connectivity index (χ2n) is 1.02. The van der Waals surface area contributed by atoms with E-state index >= 15 is 0 Å². The lowest BCUT2D eigenvalue weighted by Gasteiger charge is -1.66. The number of allylic oxidation sites excluding steroid dienone is 1. The fourth-order valence-electron chi connectivity index (χ4n) is 0.179. The highest BCUT2D eigenvalue weighted by atomic mass is 19.3. The maximum absolute atomic E-state index is 11.0. The summed E-state index contributed by atoms with van der Waals surface area (Å²) in [6, 6.07) is 0. The van der Waals surface area contributed by atoms with Gasteiger partial charge in [-0.05, 0) is 12.5 Å². The molecule has 0 heterocycles. The van der Waals surface area contributed by atoms with E-state index in [-0.39, 0.29) is 0 Å². The summed E-state index contributed by atoms with van der Waals surface area (Å²) in [6.07, 6.45) is 0.147. The highest BCUT2D eigenvalue weighted by Gasteiger charge is 1.75. The van der Waals surface area contributed by atoms with Gasteiger partial charge in [0.15, 0.2) is 0 Å². The van der Waals surface area contributed by atoms with E-state index < -0.39 is 6.08 Å². The van der Waals surface area contributed by atoms with Gasteiger partial charge in [0, 0.05) is 0 Å². The molecule has 7 heavy (non-hydrogen) atoms.